The molecule has 11 heterocycles. The number of nitriles is 1. The lowest BCUT2D eigenvalue weighted by molar-refractivity contribution is 0.0698. The maximum Gasteiger partial charge on any atom is 0.341 e. The van der Waals surface area contributed by atoms with Crippen LogP contribution in [0.2, 0.25) is 0 Å². The van der Waals surface area contributed by atoms with E-state index in [9.17, 15) is 36.2 Å². The molecular weight excluding hydrogens is 1390 g/mol. The first kappa shape index (κ1) is 70.1. The molecule has 17 rings (SSSR count). The molecule has 26 nitrogen and oxygen atoms in total. The number of carbonyl (C=O) groups is 1. The van der Waals surface area contributed by atoms with Gasteiger partial charge in [0.1, 0.15) is 92.9 Å². The number of aromatic carboxylic acids is 1. The van der Waals surface area contributed by atoms with Crippen molar-refractivity contribution < 1.29 is 50.5 Å². The quantitative estimate of drug-likeness (QED) is 0.0431. The minimum Gasteiger partial charge on any atom is -0.508 e. The van der Waals surface area contributed by atoms with Crippen LogP contribution in [-0.4, -0.2) is 116 Å². The summed E-state index contributed by atoms with van der Waals surface area (Å²) >= 11 is 0. The number of rotatable bonds is 12. The second kappa shape index (κ2) is 29.4. The Labute approximate surface area is 603 Å². The topological polar surface area (TPSA) is 307 Å². The van der Waals surface area contributed by atoms with Crippen molar-refractivity contribution in [3.05, 3.63) is 232 Å². The number of ether oxygens (including phenoxy) is 3. The van der Waals surface area contributed by atoms with Crippen molar-refractivity contribution in [2.24, 2.45) is 0 Å². The lowest BCUT2D eigenvalue weighted by Gasteiger charge is -2.26. The number of methoxy groups -OCH3 is 3. The van der Waals surface area contributed by atoms with Crippen LogP contribution in [0.4, 0.5) is 66.5 Å². The molecule has 7 N–H and O–H groups in total. The number of anilines is 5. The van der Waals surface area contributed by atoms with E-state index in [4.69, 9.17) is 54.1 Å². The molecule has 3 aliphatic heterocycles. The van der Waals surface area contributed by atoms with Gasteiger partial charge < -0.3 is 55.5 Å². The first-order chi connectivity index (χ1) is 51.8. The summed E-state index contributed by atoms with van der Waals surface area (Å²) < 4.78 is 105. The van der Waals surface area contributed by atoms with Gasteiger partial charge in [0.05, 0.1) is 121 Å². The number of nitrogens with zero attached hydrogens (tertiary/aromatic N) is 17. The summed E-state index contributed by atoms with van der Waals surface area (Å²) in [5, 5.41) is 30.6. The molecule has 107 heavy (non-hydrogen) atoms. The van der Waals surface area contributed by atoms with Gasteiger partial charge in [-0.25, -0.2) is 79.3 Å². The number of fused-ring (bicyclic) bond motifs is 5. The number of nitrogens with two attached hydrogens (primary N) is 2. The third-order valence-corrected chi connectivity index (χ3v) is 18.7. The Morgan fingerprint density at radius 1 is 0.523 bits per heavy atom. The van der Waals surface area contributed by atoms with Crippen LogP contribution in [0.15, 0.2) is 146 Å². The van der Waals surface area contributed by atoms with Crippen molar-refractivity contribution in [3.8, 4) is 46.1 Å². The van der Waals surface area contributed by atoms with Gasteiger partial charge in [0, 0.05) is 61.0 Å². The zero-order valence-corrected chi connectivity index (χ0v) is 57.1. The van der Waals surface area contributed by atoms with E-state index in [1.807, 2.05) is 32.9 Å². The van der Waals surface area contributed by atoms with Crippen molar-refractivity contribution in [1.82, 2.24) is 63.7 Å². The van der Waals surface area contributed by atoms with Crippen LogP contribution in [0.1, 0.15) is 89.3 Å². The number of H-pyrrole nitrogens is 2. The molecule has 14 aromatic rings. The largest absolute Gasteiger partial charge is 0.508 e. The molecule has 538 valence electrons. The van der Waals surface area contributed by atoms with Crippen LogP contribution in [0, 0.1) is 59.4 Å². The smallest absolute Gasteiger partial charge is 0.341 e. The molecule has 0 aliphatic carbocycles. The van der Waals surface area contributed by atoms with E-state index >= 15 is 0 Å². The molecule has 3 atom stereocenters. The van der Waals surface area contributed by atoms with Gasteiger partial charge in [0.15, 0.2) is 16.9 Å². The predicted molar refractivity (Wildman–Crippen MR) is 385 cm³/mol. The maximum absolute atomic E-state index is 14.5. The summed E-state index contributed by atoms with van der Waals surface area (Å²) in [5.74, 6) is 0.441. The Bertz CT molecular complexity index is 5670. The Morgan fingerprint density at radius 2 is 0.907 bits per heavy atom. The normalized spacial score (nSPS) is 15.3. The average molecular weight is 1450 g/mol. The molecule has 0 amide bonds. The Morgan fingerprint density at radius 3 is 1.29 bits per heavy atom. The summed E-state index contributed by atoms with van der Waals surface area (Å²) in [6, 6.07) is 26.7. The van der Waals surface area contributed by atoms with Gasteiger partial charge >= 0.3 is 5.97 Å². The Kier molecular flexibility index (Phi) is 19.3. The first-order valence-electron chi connectivity index (χ1n) is 33.3. The fraction of sp³-hybridized carbons (Fsp3) is 0.200. The molecule has 0 radical (unpaired) electrons. The zero-order chi connectivity index (χ0) is 74.9. The Hall–Kier alpha value is -14.0. The summed E-state index contributed by atoms with van der Waals surface area (Å²) in [6.07, 6.45) is 14.3. The van der Waals surface area contributed by atoms with Gasteiger partial charge in [0.25, 0.3) is 0 Å². The second-order valence-corrected chi connectivity index (χ2v) is 25.0. The van der Waals surface area contributed by atoms with Gasteiger partial charge in [-0.2, -0.15) is 20.6 Å². The molecule has 8 aromatic heterocycles. The number of aromatic amines is 2. The van der Waals surface area contributed by atoms with E-state index in [0.29, 0.717) is 169 Å². The van der Waals surface area contributed by atoms with Crippen LogP contribution < -0.4 is 40.4 Å². The molecule has 3 saturated heterocycles. The van der Waals surface area contributed by atoms with E-state index < -0.39 is 40.9 Å². The van der Waals surface area contributed by atoms with Gasteiger partial charge in [0.2, 0.25) is 11.4 Å². The van der Waals surface area contributed by atoms with E-state index in [-0.39, 0.29) is 34.9 Å². The van der Waals surface area contributed by atoms with Gasteiger partial charge in [-0.3, -0.25) is 0 Å². The molecule has 0 saturated carbocycles. The minimum absolute atomic E-state index is 0.00506. The van der Waals surface area contributed by atoms with Crippen molar-refractivity contribution in [1.29, 1.82) is 5.26 Å². The molecule has 3 aliphatic rings. The Balaban J connectivity index is 0.000000126. The number of imidazole rings is 2. The fourth-order valence-electron chi connectivity index (χ4n) is 13.6. The number of aromatic nitrogens is 13. The highest BCUT2D eigenvalue weighted by Gasteiger charge is 2.34. The van der Waals surface area contributed by atoms with Gasteiger partial charge in [-0.05, 0) is 142 Å². The number of carboxylic acids is 1. The predicted octanol–water partition coefficient (Wildman–Crippen LogP) is 14.7. The lowest BCUT2D eigenvalue weighted by atomic mass is 10.0. The van der Waals surface area contributed by atoms with Crippen molar-refractivity contribution in [3.63, 3.8) is 0 Å². The van der Waals surface area contributed by atoms with Crippen molar-refractivity contribution >= 4 is 85.2 Å². The number of halogens is 6. The summed E-state index contributed by atoms with van der Waals surface area (Å²) in [6.45, 7) is 16.7. The SMILES string of the molecule is COc1cc(N)c(N)cc1C#N.O=C(O)c1cnn2ccc(N3CCC[C@H]3c3cc(F)ccc3F)nc12.[C-]#[N+]c1cc2[nH]c(-c3cnn4ccc(N5CCC[C@H]5c5cc(F)ccc5F)nc34)nc2cc1OC.[C-]#[N+]c1cc2[nH]c(-c3cnn4ccc(N5CCC[C@H]5c5cc(F)ccc5F)nc34)nc2cc1OC. The number of hydrogen-bond acceptors (Lipinski definition) is 18. The second-order valence-electron chi connectivity index (χ2n) is 25.0. The summed E-state index contributed by atoms with van der Waals surface area (Å²) in [7, 11) is 4.51. The first-order valence-corrected chi connectivity index (χ1v) is 33.3. The molecule has 3 fully saturated rings. The van der Waals surface area contributed by atoms with Crippen LogP contribution in [0.5, 0.6) is 17.2 Å². The highest BCUT2D eigenvalue weighted by molar-refractivity contribution is 5.94. The average Bonchev–Trinajstić information content (AvgIpc) is 1.64. The van der Waals surface area contributed by atoms with E-state index in [1.54, 1.807) is 70.3 Å². The fourth-order valence-corrected chi connectivity index (χ4v) is 13.6. The highest BCUT2D eigenvalue weighted by Crippen LogP contribution is 2.42. The number of nitrogens with one attached hydrogen (secondary N) is 2. The van der Waals surface area contributed by atoms with E-state index in [2.05, 4.69) is 49.9 Å². The molecule has 32 heteroatoms. The lowest BCUT2D eigenvalue weighted by Crippen LogP contribution is -2.24. The van der Waals surface area contributed by atoms with Gasteiger partial charge in [-0.1, -0.05) is 0 Å². The summed E-state index contributed by atoms with van der Waals surface area (Å²) in [4.78, 5) is 54.0. The highest BCUT2D eigenvalue weighted by atomic mass is 19.1. The van der Waals surface area contributed by atoms with Crippen LogP contribution >= 0.6 is 0 Å². The van der Waals surface area contributed by atoms with Crippen molar-refractivity contribution in [2.75, 3.05) is 67.1 Å². The van der Waals surface area contributed by atoms with Gasteiger partial charge in [-0.15, -0.1) is 0 Å². The van der Waals surface area contributed by atoms with Crippen molar-refractivity contribution in [2.45, 2.75) is 56.7 Å². The minimum atomic E-state index is -1.12. The monoisotopic (exact) mass is 1450 g/mol. The standard InChI is InChI=1S/2C25H19F2N7O.C17H14F2N4O2.C8H9N3O/c2*1-28-20-11-18-19(12-22(20)35-2)31-24(30-18)16-13-29-34-9-7-23(32-25(16)34)33-8-3-4-21(33)15-10-14(26)5-6-17(15)27;18-10-3-4-13(19)11(8-10)14-2-1-6-22(14)15-5-7-23-16(21-15)12(9-20-23)17(24)25;1-12-8-3-7(11)6(10)2-5(8)4-9/h2*5-7,9-13,21H,3-4,8H2,2H3,(H,30,31);3-5,7-9,14H,1-2,6H2,(H,24,25);2-3H,10-11H2,1H3/t2*21-;14-;/m000./s1. The molecular formula is C75H61F6N21O5. The number of carboxylic acid groups (broad SMARTS) is 1. The molecule has 0 spiro atoms. The summed E-state index contributed by atoms with van der Waals surface area (Å²) in [5.41, 5.74) is 19.4. The third kappa shape index (κ3) is 13.7. The third-order valence-electron chi connectivity index (χ3n) is 18.7. The zero-order valence-electron chi connectivity index (χ0n) is 57.1. The number of nitrogen functional groups attached to an aromatic ring is 2. The number of benzene rings is 6. The molecule has 0 unspecified atom stereocenters. The maximum atomic E-state index is 14.5. The van der Waals surface area contributed by atoms with E-state index in [1.165, 1.54) is 74.5 Å². The van der Waals surface area contributed by atoms with Crippen LogP contribution in [0.25, 0.3) is 71.5 Å². The van der Waals surface area contributed by atoms with Crippen LogP contribution in [0.3, 0.4) is 0 Å². The number of hydrogen-bond donors (Lipinski definition) is 5. The molecule has 0 bridgehead atoms. The molecule has 6 aromatic carbocycles. The van der Waals surface area contributed by atoms with E-state index in [0.717, 1.165) is 43.5 Å². The van der Waals surface area contributed by atoms with Crippen LogP contribution in [-0.2, 0) is 0 Å².